The third kappa shape index (κ3) is 2.73. The summed E-state index contributed by atoms with van der Waals surface area (Å²) in [6, 6.07) is 18.8. The number of carbonyl (C=O) groups excluding carboxylic acids is 1. The summed E-state index contributed by atoms with van der Waals surface area (Å²) in [6.45, 7) is 3.86. The molecular formula is C18H19NO2. The zero-order valence-corrected chi connectivity index (χ0v) is 12.0. The maximum absolute atomic E-state index is 12.4. The highest BCUT2D eigenvalue weighted by molar-refractivity contribution is 5.84. The molecule has 2 rings (SSSR count). The summed E-state index contributed by atoms with van der Waals surface area (Å²) in [4.78, 5) is 12.4. The van der Waals surface area contributed by atoms with E-state index in [0.717, 1.165) is 5.56 Å². The topological polar surface area (TPSA) is 52.3 Å². The van der Waals surface area contributed by atoms with E-state index in [9.17, 15) is 4.79 Å². The molecule has 0 saturated heterocycles. The van der Waals surface area contributed by atoms with Gasteiger partial charge in [-0.1, -0.05) is 66.7 Å². The van der Waals surface area contributed by atoms with Gasteiger partial charge in [-0.2, -0.15) is 0 Å². The number of esters is 1. The molecule has 0 saturated carbocycles. The van der Waals surface area contributed by atoms with E-state index in [1.54, 1.807) is 6.08 Å². The van der Waals surface area contributed by atoms with E-state index in [1.807, 2.05) is 60.7 Å². The van der Waals surface area contributed by atoms with Crippen molar-refractivity contribution >= 4 is 5.97 Å². The molecule has 3 heteroatoms. The molecule has 0 aliphatic carbocycles. The van der Waals surface area contributed by atoms with Gasteiger partial charge in [-0.25, -0.2) is 4.79 Å². The molecule has 3 nitrogen and oxygen atoms in total. The summed E-state index contributed by atoms with van der Waals surface area (Å²) in [5.74, 6) is -0.865. The van der Waals surface area contributed by atoms with Crippen LogP contribution in [0.15, 0.2) is 73.3 Å². The average Bonchev–Trinajstić information content (AvgIpc) is 2.56. The van der Waals surface area contributed by atoms with Crippen LogP contribution in [0.1, 0.15) is 17.0 Å². The van der Waals surface area contributed by atoms with Crippen molar-refractivity contribution in [1.82, 2.24) is 0 Å². The Balaban J connectivity index is 2.59. The van der Waals surface area contributed by atoms with Crippen LogP contribution >= 0.6 is 0 Å². The van der Waals surface area contributed by atoms with Gasteiger partial charge in [0, 0.05) is 5.92 Å². The Morgan fingerprint density at radius 1 is 1.14 bits per heavy atom. The van der Waals surface area contributed by atoms with E-state index in [1.165, 1.54) is 7.11 Å². The molecular weight excluding hydrogens is 262 g/mol. The number of rotatable bonds is 5. The fourth-order valence-electron chi connectivity index (χ4n) is 2.55. The molecule has 2 N–H and O–H groups in total. The number of methoxy groups -OCH3 is 1. The van der Waals surface area contributed by atoms with E-state index in [4.69, 9.17) is 10.5 Å². The van der Waals surface area contributed by atoms with Gasteiger partial charge in [0.15, 0.2) is 5.54 Å². The van der Waals surface area contributed by atoms with Crippen LogP contribution in [-0.2, 0) is 15.1 Å². The molecule has 0 unspecified atom stereocenters. The SMILES string of the molecule is C=C[C@H](c1ccccc1)[C@@](N)(C(=O)OC)c1ccccc1. The van der Waals surface area contributed by atoms with Crippen LogP contribution in [0.4, 0.5) is 0 Å². The van der Waals surface area contributed by atoms with Crippen molar-refractivity contribution in [2.45, 2.75) is 11.5 Å². The van der Waals surface area contributed by atoms with Crippen molar-refractivity contribution in [3.63, 3.8) is 0 Å². The minimum atomic E-state index is -1.31. The Morgan fingerprint density at radius 3 is 2.14 bits per heavy atom. The van der Waals surface area contributed by atoms with Gasteiger partial charge in [0.2, 0.25) is 0 Å². The van der Waals surface area contributed by atoms with E-state index in [-0.39, 0.29) is 5.92 Å². The first kappa shape index (κ1) is 15.0. The van der Waals surface area contributed by atoms with E-state index >= 15 is 0 Å². The molecule has 0 bridgehead atoms. The monoisotopic (exact) mass is 281 g/mol. The average molecular weight is 281 g/mol. The van der Waals surface area contributed by atoms with Crippen LogP contribution in [0.3, 0.4) is 0 Å². The fraction of sp³-hybridized carbons (Fsp3) is 0.167. The first-order valence-electron chi connectivity index (χ1n) is 6.75. The summed E-state index contributed by atoms with van der Waals surface area (Å²) in [5, 5.41) is 0. The molecule has 21 heavy (non-hydrogen) atoms. The molecule has 0 spiro atoms. The predicted molar refractivity (Wildman–Crippen MR) is 83.7 cm³/mol. The molecule has 2 aromatic rings. The van der Waals surface area contributed by atoms with Gasteiger partial charge in [-0.05, 0) is 11.1 Å². The lowest BCUT2D eigenvalue weighted by molar-refractivity contribution is -0.148. The van der Waals surface area contributed by atoms with Gasteiger partial charge in [-0.3, -0.25) is 0 Å². The third-order valence-electron chi connectivity index (χ3n) is 3.66. The highest BCUT2D eigenvalue weighted by atomic mass is 16.5. The lowest BCUT2D eigenvalue weighted by atomic mass is 9.75. The minimum absolute atomic E-state index is 0.381. The standard InChI is InChI=1S/C18H19NO2/c1-3-16(14-10-6-4-7-11-14)18(19,17(20)21-2)15-12-8-5-9-13-15/h3-13,16H,1,19H2,2H3/t16-,18-/m1/s1. The fourth-order valence-corrected chi connectivity index (χ4v) is 2.55. The third-order valence-corrected chi connectivity index (χ3v) is 3.66. The smallest absolute Gasteiger partial charge is 0.331 e. The lowest BCUT2D eigenvalue weighted by Gasteiger charge is -2.34. The van der Waals surface area contributed by atoms with Crippen molar-refractivity contribution in [2.24, 2.45) is 5.73 Å². The van der Waals surface area contributed by atoms with Gasteiger partial charge in [0.1, 0.15) is 0 Å². The van der Waals surface area contributed by atoms with Crippen LogP contribution in [0.5, 0.6) is 0 Å². The second kappa shape index (κ2) is 6.37. The Morgan fingerprint density at radius 2 is 1.67 bits per heavy atom. The van der Waals surface area contributed by atoms with Crippen LogP contribution in [-0.4, -0.2) is 13.1 Å². The summed E-state index contributed by atoms with van der Waals surface area (Å²) in [6.07, 6.45) is 1.69. The Kier molecular flexibility index (Phi) is 4.55. The van der Waals surface area contributed by atoms with Crippen LogP contribution < -0.4 is 5.73 Å². The second-order valence-electron chi connectivity index (χ2n) is 4.85. The van der Waals surface area contributed by atoms with Crippen molar-refractivity contribution in [3.05, 3.63) is 84.4 Å². The maximum atomic E-state index is 12.4. The molecule has 0 fully saturated rings. The molecule has 108 valence electrons. The Bertz CT molecular complexity index is 610. The highest BCUT2D eigenvalue weighted by Gasteiger charge is 2.44. The molecule has 2 aromatic carbocycles. The lowest BCUT2D eigenvalue weighted by Crippen LogP contribution is -2.50. The first-order chi connectivity index (χ1) is 10.1. The maximum Gasteiger partial charge on any atom is 0.331 e. The number of nitrogens with two attached hydrogens (primary N) is 1. The number of ether oxygens (including phenoxy) is 1. The molecule has 2 atom stereocenters. The zero-order chi connectivity index (χ0) is 15.3. The van der Waals surface area contributed by atoms with Gasteiger partial charge < -0.3 is 10.5 Å². The van der Waals surface area contributed by atoms with Gasteiger partial charge >= 0.3 is 5.97 Å². The first-order valence-corrected chi connectivity index (χ1v) is 6.75. The van der Waals surface area contributed by atoms with Crippen LogP contribution in [0, 0.1) is 0 Å². The number of hydrogen-bond donors (Lipinski definition) is 1. The molecule has 0 radical (unpaired) electrons. The summed E-state index contributed by atoms with van der Waals surface area (Å²) in [7, 11) is 1.35. The van der Waals surface area contributed by atoms with Gasteiger partial charge in [-0.15, -0.1) is 6.58 Å². The highest BCUT2D eigenvalue weighted by Crippen LogP contribution is 2.36. The van der Waals surface area contributed by atoms with Crippen molar-refractivity contribution in [1.29, 1.82) is 0 Å². The molecule has 0 heterocycles. The summed E-state index contributed by atoms with van der Waals surface area (Å²) >= 11 is 0. The second-order valence-corrected chi connectivity index (χ2v) is 4.85. The Hall–Kier alpha value is -2.39. The molecule has 0 aliphatic heterocycles. The van der Waals surface area contributed by atoms with E-state index in [2.05, 4.69) is 6.58 Å². The van der Waals surface area contributed by atoms with Crippen molar-refractivity contribution in [2.75, 3.05) is 7.11 Å². The van der Waals surface area contributed by atoms with E-state index < -0.39 is 11.5 Å². The summed E-state index contributed by atoms with van der Waals surface area (Å²) in [5.41, 5.74) is 6.83. The predicted octanol–water partition coefficient (Wildman–Crippen LogP) is 2.98. The van der Waals surface area contributed by atoms with Gasteiger partial charge in [0.05, 0.1) is 7.11 Å². The largest absolute Gasteiger partial charge is 0.467 e. The number of carbonyl (C=O) groups is 1. The Labute approximate surface area is 125 Å². The molecule has 0 amide bonds. The summed E-state index contributed by atoms with van der Waals surface area (Å²) < 4.78 is 4.96. The van der Waals surface area contributed by atoms with Crippen LogP contribution in [0.2, 0.25) is 0 Å². The van der Waals surface area contributed by atoms with E-state index in [0.29, 0.717) is 5.56 Å². The molecule has 0 aliphatic rings. The zero-order valence-electron chi connectivity index (χ0n) is 12.0. The quantitative estimate of drug-likeness (QED) is 0.677. The van der Waals surface area contributed by atoms with Crippen molar-refractivity contribution in [3.8, 4) is 0 Å². The molecule has 0 aromatic heterocycles. The van der Waals surface area contributed by atoms with Gasteiger partial charge in [0.25, 0.3) is 0 Å². The number of hydrogen-bond acceptors (Lipinski definition) is 3. The minimum Gasteiger partial charge on any atom is -0.467 e. The van der Waals surface area contributed by atoms with Crippen LogP contribution in [0.25, 0.3) is 0 Å². The van der Waals surface area contributed by atoms with Crippen molar-refractivity contribution < 1.29 is 9.53 Å². The normalized spacial score (nSPS) is 14.8. The number of benzene rings is 2.